The quantitative estimate of drug-likeness (QED) is 0.333. The maximum Gasteiger partial charge on any atom is 0.319 e. The Labute approximate surface area is 209 Å². The van der Waals surface area contributed by atoms with Crippen LogP contribution in [0.5, 0.6) is 0 Å². The fourth-order valence-corrected chi connectivity index (χ4v) is 5.11. The summed E-state index contributed by atoms with van der Waals surface area (Å²) in [5.74, 6) is 0.707. The van der Waals surface area contributed by atoms with E-state index in [0.717, 1.165) is 42.1 Å². The van der Waals surface area contributed by atoms with Crippen LogP contribution in [0.4, 0.5) is 10.5 Å². The molecule has 1 heterocycles. The van der Waals surface area contributed by atoms with Crippen molar-refractivity contribution in [2.45, 2.75) is 18.8 Å². The molecule has 0 radical (unpaired) electrons. The zero-order valence-corrected chi connectivity index (χ0v) is 20.4. The van der Waals surface area contributed by atoms with Crippen LogP contribution in [0.1, 0.15) is 24.3 Å². The van der Waals surface area contributed by atoms with Gasteiger partial charge in [-0.05, 0) is 78.9 Å². The SMILES string of the molecule is O=C(NCC(c1ccc(-c2cccc(Cl)c2)cc1)C1CCNCC1)Nc1cc(Cl)cc(Cl)c1. The number of halogens is 3. The van der Waals surface area contributed by atoms with Crippen molar-refractivity contribution in [3.63, 3.8) is 0 Å². The first-order chi connectivity index (χ1) is 16.0. The van der Waals surface area contributed by atoms with Crippen molar-refractivity contribution < 1.29 is 4.79 Å². The molecule has 7 heteroatoms. The number of carbonyl (C=O) groups excluding carboxylic acids is 1. The van der Waals surface area contributed by atoms with E-state index in [1.807, 2.05) is 18.2 Å². The molecule has 0 spiro atoms. The van der Waals surface area contributed by atoms with Gasteiger partial charge in [0.2, 0.25) is 0 Å². The van der Waals surface area contributed by atoms with E-state index in [1.54, 1.807) is 18.2 Å². The number of piperidine rings is 1. The van der Waals surface area contributed by atoms with E-state index in [1.165, 1.54) is 5.56 Å². The number of carbonyl (C=O) groups is 1. The van der Waals surface area contributed by atoms with Crippen LogP contribution in [0.2, 0.25) is 15.1 Å². The van der Waals surface area contributed by atoms with Crippen LogP contribution in [-0.2, 0) is 0 Å². The Balaban J connectivity index is 1.47. The number of urea groups is 1. The Hall–Kier alpha value is -2.24. The second-order valence-electron chi connectivity index (χ2n) is 8.32. The minimum Gasteiger partial charge on any atom is -0.337 e. The van der Waals surface area contributed by atoms with E-state index >= 15 is 0 Å². The number of hydrogen-bond donors (Lipinski definition) is 3. The molecule has 4 rings (SSSR count). The maximum atomic E-state index is 12.6. The van der Waals surface area contributed by atoms with Crippen LogP contribution < -0.4 is 16.0 Å². The first kappa shape index (κ1) is 23.9. The van der Waals surface area contributed by atoms with E-state index in [0.29, 0.717) is 28.2 Å². The van der Waals surface area contributed by atoms with E-state index in [-0.39, 0.29) is 11.9 Å². The minimum atomic E-state index is -0.275. The van der Waals surface area contributed by atoms with Crippen LogP contribution in [0.3, 0.4) is 0 Å². The van der Waals surface area contributed by atoms with Gasteiger partial charge in [-0.2, -0.15) is 0 Å². The van der Waals surface area contributed by atoms with E-state index in [2.05, 4.69) is 46.3 Å². The number of benzene rings is 3. The predicted molar refractivity (Wildman–Crippen MR) is 139 cm³/mol. The lowest BCUT2D eigenvalue weighted by Gasteiger charge is -2.31. The third-order valence-corrected chi connectivity index (χ3v) is 6.72. The number of rotatable bonds is 6. The fraction of sp³-hybridized carbons (Fsp3) is 0.269. The van der Waals surface area contributed by atoms with Gasteiger partial charge in [-0.3, -0.25) is 0 Å². The van der Waals surface area contributed by atoms with Gasteiger partial charge in [0.1, 0.15) is 0 Å². The Bertz CT molecular complexity index is 1080. The third-order valence-electron chi connectivity index (χ3n) is 6.05. The molecule has 0 aromatic heterocycles. The summed E-state index contributed by atoms with van der Waals surface area (Å²) in [6.07, 6.45) is 2.15. The highest BCUT2D eigenvalue weighted by atomic mass is 35.5. The first-order valence-corrected chi connectivity index (χ1v) is 12.2. The molecule has 0 bridgehead atoms. The molecule has 3 aromatic carbocycles. The van der Waals surface area contributed by atoms with Gasteiger partial charge in [0, 0.05) is 33.2 Å². The van der Waals surface area contributed by atoms with Gasteiger partial charge in [-0.25, -0.2) is 4.79 Å². The topological polar surface area (TPSA) is 53.2 Å². The average Bonchev–Trinajstić information content (AvgIpc) is 2.80. The summed E-state index contributed by atoms with van der Waals surface area (Å²) in [7, 11) is 0. The standard InChI is InChI=1S/C26H26Cl3N3O/c27-21-3-1-2-20(12-21)17-4-6-18(7-5-17)25(19-8-10-30-11-9-19)16-31-26(33)32-24-14-22(28)13-23(29)15-24/h1-7,12-15,19,25,30H,8-11,16H2,(H2,31,32,33). The van der Waals surface area contributed by atoms with Gasteiger partial charge in [-0.15, -0.1) is 0 Å². The molecule has 1 aliphatic rings. The van der Waals surface area contributed by atoms with Crippen molar-refractivity contribution in [2.24, 2.45) is 5.92 Å². The highest BCUT2D eigenvalue weighted by molar-refractivity contribution is 6.35. The van der Waals surface area contributed by atoms with Crippen LogP contribution >= 0.6 is 34.8 Å². The zero-order chi connectivity index (χ0) is 23.2. The average molecular weight is 503 g/mol. The second-order valence-corrected chi connectivity index (χ2v) is 9.63. The van der Waals surface area contributed by atoms with Crippen molar-refractivity contribution in [2.75, 3.05) is 25.0 Å². The van der Waals surface area contributed by atoms with Crippen LogP contribution in [0.25, 0.3) is 11.1 Å². The molecule has 3 aromatic rings. The van der Waals surface area contributed by atoms with E-state index in [9.17, 15) is 4.79 Å². The Morgan fingerprint density at radius 3 is 2.24 bits per heavy atom. The highest BCUT2D eigenvalue weighted by Crippen LogP contribution is 2.32. The van der Waals surface area contributed by atoms with Gasteiger partial charge in [0.15, 0.2) is 0 Å². The summed E-state index contributed by atoms with van der Waals surface area (Å²) in [5, 5.41) is 11.0. The van der Waals surface area contributed by atoms with Crippen molar-refractivity contribution in [1.29, 1.82) is 0 Å². The summed E-state index contributed by atoms with van der Waals surface area (Å²) in [4.78, 5) is 12.6. The van der Waals surface area contributed by atoms with Crippen LogP contribution in [0.15, 0.2) is 66.7 Å². The van der Waals surface area contributed by atoms with E-state index < -0.39 is 0 Å². The molecule has 33 heavy (non-hydrogen) atoms. The first-order valence-electron chi connectivity index (χ1n) is 11.1. The lowest BCUT2D eigenvalue weighted by Crippen LogP contribution is -2.38. The monoisotopic (exact) mass is 501 g/mol. The largest absolute Gasteiger partial charge is 0.337 e. The molecule has 172 valence electrons. The van der Waals surface area contributed by atoms with Crippen molar-refractivity contribution >= 4 is 46.5 Å². The number of amides is 2. The molecule has 1 atom stereocenters. The molecule has 2 amide bonds. The lowest BCUT2D eigenvalue weighted by molar-refractivity contribution is 0.247. The molecule has 4 nitrogen and oxygen atoms in total. The molecule has 1 aliphatic heterocycles. The number of hydrogen-bond acceptors (Lipinski definition) is 2. The molecule has 1 fully saturated rings. The summed E-state index contributed by atoms with van der Waals surface area (Å²) in [5.41, 5.74) is 3.99. The lowest BCUT2D eigenvalue weighted by atomic mass is 9.80. The van der Waals surface area contributed by atoms with Crippen LogP contribution in [0, 0.1) is 5.92 Å². The molecule has 0 aliphatic carbocycles. The van der Waals surface area contributed by atoms with Gasteiger partial charge in [0.25, 0.3) is 0 Å². The zero-order valence-electron chi connectivity index (χ0n) is 18.1. The summed E-state index contributed by atoms with van der Waals surface area (Å²) in [6.45, 7) is 2.53. The summed E-state index contributed by atoms with van der Waals surface area (Å²) >= 11 is 18.2. The number of anilines is 1. The molecular formula is C26H26Cl3N3O. The number of nitrogens with one attached hydrogen (secondary N) is 3. The molecule has 1 unspecified atom stereocenters. The Morgan fingerprint density at radius 1 is 0.879 bits per heavy atom. The predicted octanol–water partition coefficient (Wildman–Crippen LogP) is 7.22. The summed E-state index contributed by atoms with van der Waals surface area (Å²) in [6, 6.07) is 21.1. The Morgan fingerprint density at radius 2 is 1.58 bits per heavy atom. The van der Waals surface area contributed by atoms with E-state index in [4.69, 9.17) is 34.8 Å². The molecular weight excluding hydrogens is 477 g/mol. The van der Waals surface area contributed by atoms with Gasteiger partial charge in [-0.1, -0.05) is 71.2 Å². The molecule has 3 N–H and O–H groups in total. The van der Waals surface area contributed by atoms with Gasteiger partial charge < -0.3 is 16.0 Å². The smallest absolute Gasteiger partial charge is 0.319 e. The highest BCUT2D eigenvalue weighted by Gasteiger charge is 2.25. The van der Waals surface area contributed by atoms with Gasteiger partial charge in [0.05, 0.1) is 0 Å². The fourth-order valence-electron chi connectivity index (χ4n) is 4.40. The van der Waals surface area contributed by atoms with Crippen LogP contribution in [-0.4, -0.2) is 25.7 Å². The van der Waals surface area contributed by atoms with Crippen molar-refractivity contribution in [3.8, 4) is 11.1 Å². The summed E-state index contributed by atoms with van der Waals surface area (Å²) < 4.78 is 0. The minimum absolute atomic E-state index is 0.217. The maximum absolute atomic E-state index is 12.6. The van der Waals surface area contributed by atoms with Gasteiger partial charge >= 0.3 is 6.03 Å². The Kier molecular flexibility index (Phi) is 8.15. The molecule has 0 saturated carbocycles. The van der Waals surface area contributed by atoms with Crippen molar-refractivity contribution in [3.05, 3.63) is 87.4 Å². The second kappa shape index (κ2) is 11.3. The third kappa shape index (κ3) is 6.64. The normalized spacial score (nSPS) is 15.1. The molecule has 1 saturated heterocycles. The van der Waals surface area contributed by atoms with Crippen molar-refractivity contribution in [1.82, 2.24) is 10.6 Å².